The maximum atomic E-state index is 13.6. The first-order valence-corrected chi connectivity index (χ1v) is 8.28. The van der Waals surface area contributed by atoms with Crippen LogP contribution in [0.1, 0.15) is 19.3 Å². The first-order chi connectivity index (χ1) is 9.34. The predicted octanol–water partition coefficient (Wildman–Crippen LogP) is 2.28. The summed E-state index contributed by atoms with van der Waals surface area (Å²) in [5.74, 6) is -1.10. The van der Waals surface area contributed by atoms with Crippen molar-refractivity contribution in [3.63, 3.8) is 0 Å². The summed E-state index contributed by atoms with van der Waals surface area (Å²) >= 11 is 0. The van der Waals surface area contributed by atoms with Gasteiger partial charge in [0.1, 0.15) is 10.7 Å². The molecule has 1 saturated heterocycles. The van der Waals surface area contributed by atoms with Crippen molar-refractivity contribution in [2.75, 3.05) is 18.6 Å². The van der Waals surface area contributed by atoms with Gasteiger partial charge in [0.2, 0.25) is 5.91 Å². The Balaban J connectivity index is 2.63. The van der Waals surface area contributed by atoms with Crippen LogP contribution in [0.3, 0.4) is 0 Å². The first-order valence-electron chi connectivity index (χ1n) is 5.97. The van der Waals surface area contributed by atoms with Gasteiger partial charge in [-0.3, -0.25) is 4.79 Å². The van der Waals surface area contributed by atoms with Gasteiger partial charge >= 0.3 is 0 Å². The van der Waals surface area contributed by atoms with Gasteiger partial charge in [0.05, 0.1) is 12.8 Å². The Kier molecular flexibility index (Phi) is 4.19. The highest BCUT2D eigenvalue weighted by atomic mass is 35.7. The van der Waals surface area contributed by atoms with E-state index in [2.05, 4.69) is 0 Å². The van der Waals surface area contributed by atoms with Crippen molar-refractivity contribution in [3.05, 3.63) is 17.9 Å². The van der Waals surface area contributed by atoms with Crippen LogP contribution in [0.25, 0.3) is 0 Å². The maximum Gasteiger partial charge on any atom is 0.265 e. The molecule has 0 spiro atoms. The average molecular weight is 322 g/mol. The fourth-order valence-electron chi connectivity index (χ4n) is 2.20. The SMILES string of the molecule is COc1c(N2CCCCC2=O)cc(F)cc1S(=O)(=O)Cl. The molecule has 110 valence electrons. The van der Waals surface area contributed by atoms with Gasteiger partial charge in [0.25, 0.3) is 9.05 Å². The number of amides is 1. The molecular formula is C12H13ClFNO4S. The molecule has 0 aromatic heterocycles. The van der Waals surface area contributed by atoms with Crippen LogP contribution in [-0.2, 0) is 13.8 Å². The summed E-state index contributed by atoms with van der Waals surface area (Å²) in [5.41, 5.74) is 0.0939. The zero-order valence-corrected chi connectivity index (χ0v) is 12.3. The highest BCUT2D eigenvalue weighted by Gasteiger charge is 2.28. The third-order valence-electron chi connectivity index (χ3n) is 3.08. The molecule has 2 rings (SSSR count). The van der Waals surface area contributed by atoms with E-state index in [0.717, 1.165) is 25.0 Å². The van der Waals surface area contributed by atoms with Gasteiger partial charge in [0.15, 0.2) is 5.75 Å². The summed E-state index contributed by atoms with van der Waals surface area (Å²) in [5, 5.41) is 0. The van der Waals surface area contributed by atoms with Crippen LogP contribution in [-0.4, -0.2) is 28.0 Å². The fraction of sp³-hybridized carbons (Fsp3) is 0.417. The second-order valence-electron chi connectivity index (χ2n) is 4.40. The molecule has 1 aromatic rings. The van der Waals surface area contributed by atoms with Crippen LogP contribution in [0.2, 0.25) is 0 Å². The smallest absolute Gasteiger partial charge is 0.265 e. The quantitative estimate of drug-likeness (QED) is 0.801. The summed E-state index contributed by atoms with van der Waals surface area (Å²) in [6, 6.07) is 1.85. The molecule has 1 fully saturated rings. The molecule has 1 heterocycles. The Morgan fingerprint density at radius 3 is 2.60 bits per heavy atom. The maximum absolute atomic E-state index is 13.6. The minimum atomic E-state index is -4.18. The number of methoxy groups -OCH3 is 1. The lowest BCUT2D eigenvalue weighted by Crippen LogP contribution is -2.35. The normalized spacial score (nSPS) is 16.4. The van der Waals surface area contributed by atoms with Crippen molar-refractivity contribution < 1.29 is 22.3 Å². The second-order valence-corrected chi connectivity index (χ2v) is 6.93. The summed E-state index contributed by atoms with van der Waals surface area (Å²) in [7, 11) is 2.35. The van der Waals surface area contributed by atoms with E-state index in [-0.39, 0.29) is 17.3 Å². The number of ether oxygens (including phenoxy) is 1. The summed E-state index contributed by atoms with van der Waals surface area (Å²) in [6.45, 7) is 0.389. The van der Waals surface area contributed by atoms with Crippen molar-refractivity contribution >= 4 is 31.3 Å². The number of carbonyl (C=O) groups excluding carboxylic acids is 1. The van der Waals surface area contributed by atoms with Crippen molar-refractivity contribution in [1.29, 1.82) is 0 Å². The molecule has 1 aliphatic rings. The van der Waals surface area contributed by atoms with Gasteiger partial charge in [-0.15, -0.1) is 0 Å². The molecule has 1 aliphatic heterocycles. The van der Waals surface area contributed by atoms with E-state index in [1.807, 2.05) is 0 Å². The molecule has 0 aliphatic carbocycles. The lowest BCUT2D eigenvalue weighted by molar-refractivity contribution is -0.119. The minimum Gasteiger partial charge on any atom is -0.493 e. The second kappa shape index (κ2) is 5.57. The zero-order chi connectivity index (χ0) is 14.9. The van der Waals surface area contributed by atoms with Crippen LogP contribution in [0.5, 0.6) is 5.75 Å². The highest BCUT2D eigenvalue weighted by Crippen LogP contribution is 2.38. The number of benzene rings is 1. The van der Waals surface area contributed by atoms with E-state index in [0.29, 0.717) is 13.0 Å². The van der Waals surface area contributed by atoms with Crippen molar-refractivity contribution in [1.82, 2.24) is 0 Å². The Morgan fingerprint density at radius 2 is 2.05 bits per heavy atom. The molecule has 0 unspecified atom stereocenters. The van der Waals surface area contributed by atoms with Gasteiger partial charge in [-0.05, 0) is 18.9 Å². The van der Waals surface area contributed by atoms with Gasteiger partial charge in [-0.1, -0.05) is 0 Å². The van der Waals surface area contributed by atoms with E-state index in [4.69, 9.17) is 15.4 Å². The number of carbonyl (C=O) groups is 1. The van der Waals surface area contributed by atoms with Gasteiger partial charge in [0, 0.05) is 29.7 Å². The minimum absolute atomic E-state index is 0.0939. The molecule has 0 radical (unpaired) electrons. The van der Waals surface area contributed by atoms with Crippen LogP contribution in [0.15, 0.2) is 17.0 Å². The summed E-state index contributed by atoms with van der Waals surface area (Å²) < 4.78 is 41.7. The molecule has 5 nitrogen and oxygen atoms in total. The van der Waals surface area contributed by atoms with Gasteiger partial charge in [-0.2, -0.15) is 0 Å². The number of nitrogens with zero attached hydrogens (tertiary/aromatic N) is 1. The molecule has 1 amide bonds. The topological polar surface area (TPSA) is 63.7 Å². The number of halogens is 2. The van der Waals surface area contributed by atoms with Crippen LogP contribution in [0.4, 0.5) is 10.1 Å². The molecule has 0 saturated carbocycles. The van der Waals surface area contributed by atoms with Crippen LogP contribution < -0.4 is 9.64 Å². The number of hydrogen-bond donors (Lipinski definition) is 0. The van der Waals surface area contributed by atoms with E-state index in [1.165, 1.54) is 12.0 Å². The summed E-state index contributed by atoms with van der Waals surface area (Å²) in [4.78, 5) is 12.8. The predicted molar refractivity (Wildman–Crippen MR) is 72.2 cm³/mol. The Labute approximate surface area is 120 Å². The van der Waals surface area contributed by atoms with E-state index in [9.17, 15) is 17.6 Å². The Bertz CT molecular complexity index is 647. The van der Waals surface area contributed by atoms with Gasteiger partial charge < -0.3 is 9.64 Å². The van der Waals surface area contributed by atoms with Crippen molar-refractivity contribution in [3.8, 4) is 5.75 Å². The lowest BCUT2D eigenvalue weighted by Gasteiger charge is -2.28. The molecule has 0 atom stereocenters. The average Bonchev–Trinajstić information content (AvgIpc) is 2.37. The number of piperidine rings is 1. The lowest BCUT2D eigenvalue weighted by atomic mass is 10.1. The molecule has 0 N–H and O–H groups in total. The van der Waals surface area contributed by atoms with Crippen molar-refractivity contribution in [2.24, 2.45) is 0 Å². The van der Waals surface area contributed by atoms with E-state index < -0.39 is 19.8 Å². The van der Waals surface area contributed by atoms with E-state index >= 15 is 0 Å². The largest absolute Gasteiger partial charge is 0.493 e. The third kappa shape index (κ3) is 2.88. The Hall–Kier alpha value is -1.34. The number of anilines is 1. The zero-order valence-electron chi connectivity index (χ0n) is 10.7. The Morgan fingerprint density at radius 1 is 1.35 bits per heavy atom. The molecule has 1 aromatic carbocycles. The molecule has 8 heteroatoms. The fourth-order valence-corrected chi connectivity index (χ4v) is 3.21. The van der Waals surface area contributed by atoms with Crippen LogP contribution in [0, 0.1) is 5.82 Å². The molecule has 0 bridgehead atoms. The third-order valence-corrected chi connectivity index (χ3v) is 4.41. The first kappa shape index (κ1) is 15.1. The molecular weight excluding hydrogens is 309 g/mol. The van der Waals surface area contributed by atoms with Crippen molar-refractivity contribution in [2.45, 2.75) is 24.2 Å². The van der Waals surface area contributed by atoms with Crippen LogP contribution >= 0.6 is 10.7 Å². The monoisotopic (exact) mass is 321 g/mol. The van der Waals surface area contributed by atoms with E-state index in [1.54, 1.807) is 0 Å². The standard InChI is InChI=1S/C12H13ClFNO4S/c1-19-12-9(15-5-3-2-4-11(15)16)6-8(14)7-10(12)20(13,17)18/h6-7H,2-5H2,1H3. The number of hydrogen-bond acceptors (Lipinski definition) is 4. The highest BCUT2D eigenvalue weighted by molar-refractivity contribution is 8.13. The number of rotatable bonds is 3. The van der Waals surface area contributed by atoms with Gasteiger partial charge in [-0.25, -0.2) is 12.8 Å². The summed E-state index contributed by atoms with van der Waals surface area (Å²) in [6.07, 6.45) is 1.85. The molecule has 20 heavy (non-hydrogen) atoms.